The third kappa shape index (κ3) is 5.45. The molecule has 3 rings (SSSR count). The lowest BCUT2D eigenvalue weighted by molar-refractivity contribution is -0.115. The lowest BCUT2D eigenvalue weighted by Gasteiger charge is -2.09. The minimum atomic E-state index is -0.329. The van der Waals surface area contributed by atoms with Gasteiger partial charge in [0.25, 0.3) is 0 Å². The van der Waals surface area contributed by atoms with E-state index >= 15 is 0 Å². The van der Waals surface area contributed by atoms with Crippen LogP contribution in [0.15, 0.2) is 78.9 Å². The van der Waals surface area contributed by atoms with Crippen molar-refractivity contribution in [3.05, 3.63) is 90.0 Å². The molecule has 0 radical (unpaired) electrons. The van der Waals surface area contributed by atoms with Gasteiger partial charge in [-0.05, 0) is 61.0 Å². The fraction of sp³-hybridized carbons (Fsp3) is 0.130. The number of rotatable bonds is 7. The van der Waals surface area contributed by atoms with Gasteiger partial charge in [-0.25, -0.2) is 4.79 Å². The smallest absolute Gasteiger partial charge is 0.338 e. The highest BCUT2D eigenvalue weighted by atomic mass is 16.5. The fourth-order valence-corrected chi connectivity index (χ4v) is 2.69. The van der Waals surface area contributed by atoms with Gasteiger partial charge < -0.3 is 15.4 Å². The van der Waals surface area contributed by atoms with E-state index in [0.29, 0.717) is 18.6 Å². The summed E-state index contributed by atoms with van der Waals surface area (Å²) in [6.07, 6.45) is 0.341. The maximum Gasteiger partial charge on any atom is 0.338 e. The summed E-state index contributed by atoms with van der Waals surface area (Å²) in [5.41, 5.74) is 3.97. The van der Waals surface area contributed by atoms with Crippen molar-refractivity contribution in [3.8, 4) is 0 Å². The van der Waals surface area contributed by atoms with Crippen LogP contribution < -0.4 is 10.6 Å². The van der Waals surface area contributed by atoms with E-state index in [1.54, 1.807) is 19.1 Å². The third-order valence-corrected chi connectivity index (χ3v) is 4.06. The van der Waals surface area contributed by atoms with Crippen molar-refractivity contribution in [1.29, 1.82) is 0 Å². The molecule has 5 heteroatoms. The number of amides is 1. The molecule has 0 spiro atoms. The zero-order valence-electron chi connectivity index (χ0n) is 15.6. The molecule has 28 heavy (non-hydrogen) atoms. The molecule has 0 aliphatic heterocycles. The molecular weight excluding hydrogens is 352 g/mol. The summed E-state index contributed by atoms with van der Waals surface area (Å²) >= 11 is 0. The molecule has 2 N–H and O–H groups in total. The fourth-order valence-electron chi connectivity index (χ4n) is 2.69. The topological polar surface area (TPSA) is 67.4 Å². The van der Waals surface area contributed by atoms with Gasteiger partial charge in [-0.1, -0.05) is 30.3 Å². The van der Waals surface area contributed by atoms with Gasteiger partial charge in [0, 0.05) is 17.1 Å². The van der Waals surface area contributed by atoms with Crippen LogP contribution in [0.2, 0.25) is 0 Å². The van der Waals surface area contributed by atoms with Gasteiger partial charge in [-0.3, -0.25) is 4.79 Å². The standard InChI is InChI=1S/C23H22N2O3/c1-2-28-23(27)18-8-10-19(11-9-18)24-20-12-14-21(15-13-20)25-22(26)16-17-6-4-3-5-7-17/h3-15,24H,2,16H2,1H3,(H,25,26). The predicted octanol–water partition coefficient (Wildman–Crippen LogP) is 4.79. The maximum absolute atomic E-state index is 12.1. The molecule has 0 unspecified atom stereocenters. The van der Waals surface area contributed by atoms with Gasteiger partial charge in [0.1, 0.15) is 0 Å². The summed E-state index contributed by atoms with van der Waals surface area (Å²) < 4.78 is 4.97. The zero-order chi connectivity index (χ0) is 19.8. The van der Waals surface area contributed by atoms with E-state index < -0.39 is 0 Å². The lowest BCUT2D eigenvalue weighted by atomic mass is 10.1. The molecule has 0 bridgehead atoms. The second kappa shape index (κ2) is 9.37. The first-order chi connectivity index (χ1) is 13.6. The molecule has 3 aromatic carbocycles. The molecule has 3 aromatic rings. The van der Waals surface area contributed by atoms with Crippen LogP contribution in [0.5, 0.6) is 0 Å². The van der Waals surface area contributed by atoms with Crippen LogP contribution in [0.3, 0.4) is 0 Å². The Morgan fingerprint density at radius 1 is 0.786 bits per heavy atom. The Hall–Kier alpha value is -3.60. The van der Waals surface area contributed by atoms with Crippen LogP contribution in [-0.4, -0.2) is 18.5 Å². The monoisotopic (exact) mass is 374 g/mol. The molecule has 0 fully saturated rings. The van der Waals surface area contributed by atoms with Crippen molar-refractivity contribution in [1.82, 2.24) is 0 Å². The molecule has 142 valence electrons. The van der Waals surface area contributed by atoms with E-state index in [9.17, 15) is 9.59 Å². The molecule has 0 saturated carbocycles. The van der Waals surface area contributed by atoms with E-state index in [1.165, 1.54) is 0 Å². The van der Waals surface area contributed by atoms with Gasteiger partial charge in [-0.15, -0.1) is 0 Å². The summed E-state index contributed by atoms with van der Waals surface area (Å²) in [5.74, 6) is -0.383. The molecule has 1 amide bonds. The average molecular weight is 374 g/mol. The first-order valence-electron chi connectivity index (χ1n) is 9.12. The largest absolute Gasteiger partial charge is 0.462 e. The zero-order valence-corrected chi connectivity index (χ0v) is 15.6. The van der Waals surface area contributed by atoms with Crippen LogP contribution in [0.4, 0.5) is 17.1 Å². The van der Waals surface area contributed by atoms with E-state index in [0.717, 1.165) is 22.6 Å². The van der Waals surface area contributed by atoms with Crippen molar-refractivity contribution >= 4 is 28.9 Å². The van der Waals surface area contributed by atoms with Crippen LogP contribution in [0.25, 0.3) is 0 Å². The van der Waals surface area contributed by atoms with Crippen molar-refractivity contribution in [2.24, 2.45) is 0 Å². The molecule has 0 aliphatic rings. The normalized spacial score (nSPS) is 10.2. The maximum atomic E-state index is 12.1. The lowest BCUT2D eigenvalue weighted by Crippen LogP contribution is -2.14. The van der Waals surface area contributed by atoms with E-state index in [2.05, 4.69) is 10.6 Å². The van der Waals surface area contributed by atoms with Crippen LogP contribution in [0, 0.1) is 0 Å². The molecule has 0 heterocycles. The number of carbonyl (C=O) groups is 2. The number of carbonyl (C=O) groups excluding carboxylic acids is 2. The van der Waals surface area contributed by atoms with Gasteiger partial charge in [0.15, 0.2) is 0 Å². The van der Waals surface area contributed by atoms with Crippen molar-refractivity contribution < 1.29 is 14.3 Å². The quantitative estimate of drug-likeness (QED) is 0.584. The first kappa shape index (κ1) is 19.2. The number of nitrogens with one attached hydrogen (secondary N) is 2. The van der Waals surface area contributed by atoms with Crippen molar-refractivity contribution in [2.45, 2.75) is 13.3 Å². The van der Waals surface area contributed by atoms with Crippen molar-refractivity contribution in [2.75, 3.05) is 17.2 Å². The Morgan fingerprint density at radius 3 is 1.96 bits per heavy atom. The molecule has 5 nitrogen and oxygen atoms in total. The Kier molecular flexibility index (Phi) is 6.41. The number of ether oxygens (including phenoxy) is 1. The van der Waals surface area contributed by atoms with E-state index in [1.807, 2.05) is 66.7 Å². The third-order valence-electron chi connectivity index (χ3n) is 4.06. The number of hydrogen-bond acceptors (Lipinski definition) is 4. The van der Waals surface area contributed by atoms with E-state index in [4.69, 9.17) is 4.74 Å². The Bertz CT molecular complexity index is 920. The predicted molar refractivity (Wildman–Crippen MR) is 111 cm³/mol. The highest BCUT2D eigenvalue weighted by molar-refractivity contribution is 5.92. The second-order valence-corrected chi connectivity index (χ2v) is 6.21. The summed E-state index contributed by atoms with van der Waals surface area (Å²) in [6, 6.07) is 24.2. The van der Waals surface area contributed by atoms with Crippen LogP contribution >= 0.6 is 0 Å². The van der Waals surface area contributed by atoms with E-state index in [-0.39, 0.29) is 11.9 Å². The van der Waals surface area contributed by atoms with Gasteiger partial charge in [-0.2, -0.15) is 0 Å². The minimum absolute atomic E-state index is 0.0542. The van der Waals surface area contributed by atoms with Crippen molar-refractivity contribution in [3.63, 3.8) is 0 Å². The Labute approximate surface area is 164 Å². The van der Waals surface area contributed by atoms with Crippen LogP contribution in [-0.2, 0) is 16.0 Å². The van der Waals surface area contributed by atoms with Crippen LogP contribution in [0.1, 0.15) is 22.8 Å². The Balaban J connectivity index is 1.55. The van der Waals surface area contributed by atoms with Gasteiger partial charge in [0.2, 0.25) is 5.91 Å². The summed E-state index contributed by atoms with van der Waals surface area (Å²) in [7, 11) is 0. The average Bonchev–Trinajstić information content (AvgIpc) is 2.71. The molecule has 0 saturated heterocycles. The summed E-state index contributed by atoms with van der Waals surface area (Å²) in [4.78, 5) is 23.8. The summed E-state index contributed by atoms with van der Waals surface area (Å²) in [5, 5.41) is 6.15. The molecule has 0 aromatic heterocycles. The second-order valence-electron chi connectivity index (χ2n) is 6.21. The Morgan fingerprint density at radius 2 is 1.36 bits per heavy atom. The molecular formula is C23H22N2O3. The summed E-state index contributed by atoms with van der Waals surface area (Å²) in [6.45, 7) is 2.13. The number of hydrogen-bond donors (Lipinski definition) is 2. The number of benzene rings is 3. The first-order valence-corrected chi connectivity index (χ1v) is 9.12. The minimum Gasteiger partial charge on any atom is -0.462 e. The van der Waals surface area contributed by atoms with Gasteiger partial charge >= 0.3 is 5.97 Å². The molecule has 0 atom stereocenters. The highest BCUT2D eigenvalue weighted by Crippen LogP contribution is 2.20. The molecule has 0 aliphatic carbocycles. The number of esters is 1. The highest BCUT2D eigenvalue weighted by Gasteiger charge is 2.06. The SMILES string of the molecule is CCOC(=O)c1ccc(Nc2ccc(NC(=O)Cc3ccccc3)cc2)cc1. The number of anilines is 3. The van der Waals surface area contributed by atoms with Gasteiger partial charge in [0.05, 0.1) is 18.6 Å².